The second kappa shape index (κ2) is 6.45. The Balaban J connectivity index is 2.44. The normalized spacial score (nSPS) is 12.7. The molecule has 1 unspecified atom stereocenters. The van der Waals surface area contributed by atoms with E-state index in [4.69, 9.17) is 4.74 Å². The molecule has 0 fully saturated rings. The van der Waals surface area contributed by atoms with Crippen molar-refractivity contribution in [2.24, 2.45) is 0 Å². The zero-order chi connectivity index (χ0) is 11.1. The van der Waals surface area contributed by atoms with Gasteiger partial charge in [-0.05, 0) is 20.3 Å². The molecule has 0 aliphatic heterocycles. The third-order valence-corrected chi connectivity index (χ3v) is 2.12. The van der Waals surface area contributed by atoms with Crippen LogP contribution in [-0.2, 0) is 11.3 Å². The standard InChI is InChI=1S/C11H21N3O/c1-4-8-14-11(6-7-12-14)13-10(3)9-15-5-2/h6-7,10,13H,4-5,8-9H2,1-3H3. The van der Waals surface area contributed by atoms with Crippen LogP contribution in [0.3, 0.4) is 0 Å². The van der Waals surface area contributed by atoms with Crippen molar-refractivity contribution >= 4 is 5.82 Å². The fourth-order valence-corrected chi connectivity index (χ4v) is 1.43. The SMILES string of the molecule is CCCn1nccc1NC(C)COCC. The van der Waals surface area contributed by atoms with Crippen molar-refractivity contribution < 1.29 is 4.74 Å². The van der Waals surface area contributed by atoms with E-state index in [9.17, 15) is 0 Å². The lowest BCUT2D eigenvalue weighted by Gasteiger charge is -2.15. The van der Waals surface area contributed by atoms with E-state index in [1.165, 1.54) is 0 Å². The molecule has 0 amide bonds. The highest BCUT2D eigenvalue weighted by Gasteiger charge is 2.05. The first-order valence-corrected chi connectivity index (χ1v) is 5.64. The molecule has 0 aromatic carbocycles. The van der Waals surface area contributed by atoms with Crippen LogP contribution < -0.4 is 5.32 Å². The Kier molecular flexibility index (Phi) is 5.18. The van der Waals surface area contributed by atoms with Gasteiger partial charge in [-0.15, -0.1) is 0 Å². The quantitative estimate of drug-likeness (QED) is 0.751. The molecule has 4 nitrogen and oxygen atoms in total. The topological polar surface area (TPSA) is 39.1 Å². The molecule has 1 rings (SSSR count). The zero-order valence-corrected chi connectivity index (χ0v) is 9.86. The third kappa shape index (κ3) is 3.91. The van der Waals surface area contributed by atoms with Gasteiger partial charge in [-0.2, -0.15) is 5.10 Å². The van der Waals surface area contributed by atoms with Gasteiger partial charge in [-0.1, -0.05) is 6.92 Å². The van der Waals surface area contributed by atoms with Gasteiger partial charge in [0.25, 0.3) is 0 Å². The summed E-state index contributed by atoms with van der Waals surface area (Å²) in [6.07, 6.45) is 2.92. The second-order valence-corrected chi connectivity index (χ2v) is 3.64. The van der Waals surface area contributed by atoms with Crippen LogP contribution in [-0.4, -0.2) is 29.0 Å². The lowest BCUT2D eigenvalue weighted by Crippen LogP contribution is -2.23. The number of nitrogens with one attached hydrogen (secondary N) is 1. The largest absolute Gasteiger partial charge is 0.380 e. The molecule has 0 aliphatic rings. The summed E-state index contributed by atoms with van der Waals surface area (Å²) in [7, 11) is 0. The summed E-state index contributed by atoms with van der Waals surface area (Å²) < 4.78 is 7.34. The van der Waals surface area contributed by atoms with Gasteiger partial charge in [0.2, 0.25) is 0 Å². The maximum Gasteiger partial charge on any atom is 0.124 e. The molecule has 0 saturated carbocycles. The van der Waals surface area contributed by atoms with Crippen LogP contribution >= 0.6 is 0 Å². The van der Waals surface area contributed by atoms with E-state index in [-0.39, 0.29) is 0 Å². The number of aromatic nitrogens is 2. The monoisotopic (exact) mass is 211 g/mol. The van der Waals surface area contributed by atoms with Gasteiger partial charge in [0, 0.05) is 25.3 Å². The predicted octanol–water partition coefficient (Wildman–Crippen LogP) is 2.13. The van der Waals surface area contributed by atoms with E-state index in [1.807, 2.05) is 23.9 Å². The number of rotatable bonds is 7. The molecule has 1 atom stereocenters. The van der Waals surface area contributed by atoms with Crippen molar-refractivity contribution in [1.29, 1.82) is 0 Å². The molecule has 15 heavy (non-hydrogen) atoms. The van der Waals surface area contributed by atoms with Gasteiger partial charge in [0.1, 0.15) is 5.82 Å². The van der Waals surface area contributed by atoms with Gasteiger partial charge >= 0.3 is 0 Å². The molecule has 86 valence electrons. The highest BCUT2D eigenvalue weighted by atomic mass is 16.5. The minimum atomic E-state index is 0.317. The fourth-order valence-electron chi connectivity index (χ4n) is 1.43. The first-order valence-electron chi connectivity index (χ1n) is 5.64. The molecule has 4 heteroatoms. The van der Waals surface area contributed by atoms with Crippen molar-refractivity contribution in [2.75, 3.05) is 18.5 Å². The second-order valence-electron chi connectivity index (χ2n) is 3.64. The van der Waals surface area contributed by atoms with Crippen molar-refractivity contribution in [3.63, 3.8) is 0 Å². The molecule has 1 N–H and O–H groups in total. The summed E-state index contributed by atoms with van der Waals surface area (Å²) in [6, 6.07) is 2.32. The summed E-state index contributed by atoms with van der Waals surface area (Å²) in [5.41, 5.74) is 0. The predicted molar refractivity (Wildman–Crippen MR) is 62.1 cm³/mol. The van der Waals surface area contributed by atoms with Gasteiger partial charge < -0.3 is 10.1 Å². The Labute approximate surface area is 91.6 Å². The van der Waals surface area contributed by atoms with Crippen LogP contribution in [0.4, 0.5) is 5.82 Å². The van der Waals surface area contributed by atoms with E-state index in [1.54, 1.807) is 0 Å². The van der Waals surface area contributed by atoms with Gasteiger partial charge in [-0.25, -0.2) is 4.68 Å². The lowest BCUT2D eigenvalue weighted by atomic mass is 10.3. The summed E-state index contributed by atoms with van der Waals surface area (Å²) in [6.45, 7) is 8.72. The van der Waals surface area contributed by atoms with E-state index >= 15 is 0 Å². The number of hydrogen-bond donors (Lipinski definition) is 1. The first-order chi connectivity index (χ1) is 7.27. The molecule has 1 aromatic rings. The molecular weight excluding hydrogens is 190 g/mol. The molecule has 0 aliphatic carbocycles. The van der Waals surface area contributed by atoms with E-state index in [0.717, 1.165) is 32.0 Å². The summed E-state index contributed by atoms with van der Waals surface area (Å²) in [5, 5.41) is 7.64. The molecule has 1 heterocycles. The van der Waals surface area contributed by atoms with Crippen LogP contribution in [0.1, 0.15) is 27.2 Å². The Morgan fingerprint density at radius 2 is 2.33 bits per heavy atom. The van der Waals surface area contributed by atoms with Crippen LogP contribution in [0.25, 0.3) is 0 Å². The first kappa shape index (κ1) is 12.0. The summed E-state index contributed by atoms with van der Waals surface area (Å²) >= 11 is 0. The summed E-state index contributed by atoms with van der Waals surface area (Å²) in [5.74, 6) is 1.07. The minimum Gasteiger partial charge on any atom is -0.380 e. The summed E-state index contributed by atoms with van der Waals surface area (Å²) in [4.78, 5) is 0. The van der Waals surface area contributed by atoms with Crippen LogP contribution in [0.5, 0.6) is 0 Å². The van der Waals surface area contributed by atoms with Crippen molar-refractivity contribution in [2.45, 2.75) is 39.8 Å². The maximum atomic E-state index is 5.35. The molecule has 0 radical (unpaired) electrons. The molecular formula is C11H21N3O. The van der Waals surface area contributed by atoms with Gasteiger partial charge in [0.05, 0.1) is 12.8 Å². The van der Waals surface area contributed by atoms with Crippen LogP contribution in [0.2, 0.25) is 0 Å². The molecule has 0 saturated heterocycles. The van der Waals surface area contributed by atoms with Gasteiger partial charge in [0.15, 0.2) is 0 Å². The Morgan fingerprint density at radius 1 is 1.53 bits per heavy atom. The minimum absolute atomic E-state index is 0.317. The number of ether oxygens (including phenoxy) is 1. The Morgan fingerprint density at radius 3 is 3.00 bits per heavy atom. The maximum absolute atomic E-state index is 5.35. The average Bonchev–Trinajstić information content (AvgIpc) is 2.63. The van der Waals surface area contributed by atoms with Crippen molar-refractivity contribution in [3.05, 3.63) is 12.3 Å². The van der Waals surface area contributed by atoms with E-state index in [0.29, 0.717) is 6.04 Å². The fraction of sp³-hybridized carbons (Fsp3) is 0.727. The van der Waals surface area contributed by atoms with E-state index < -0.39 is 0 Å². The smallest absolute Gasteiger partial charge is 0.124 e. The van der Waals surface area contributed by atoms with Crippen molar-refractivity contribution in [1.82, 2.24) is 9.78 Å². The highest BCUT2D eigenvalue weighted by molar-refractivity contribution is 5.34. The lowest BCUT2D eigenvalue weighted by molar-refractivity contribution is 0.141. The van der Waals surface area contributed by atoms with Crippen molar-refractivity contribution in [3.8, 4) is 0 Å². The molecule has 0 bridgehead atoms. The molecule has 1 aromatic heterocycles. The van der Waals surface area contributed by atoms with Crippen LogP contribution in [0.15, 0.2) is 12.3 Å². The van der Waals surface area contributed by atoms with Crippen LogP contribution in [0, 0.1) is 0 Å². The number of anilines is 1. The van der Waals surface area contributed by atoms with Gasteiger partial charge in [-0.3, -0.25) is 0 Å². The third-order valence-electron chi connectivity index (χ3n) is 2.12. The Hall–Kier alpha value is -1.03. The number of hydrogen-bond acceptors (Lipinski definition) is 3. The average molecular weight is 211 g/mol. The zero-order valence-electron chi connectivity index (χ0n) is 9.86. The number of aryl methyl sites for hydroxylation is 1. The Bertz CT molecular complexity index is 273. The number of nitrogens with zero attached hydrogens (tertiary/aromatic N) is 2. The molecule has 0 spiro atoms. The highest BCUT2D eigenvalue weighted by Crippen LogP contribution is 2.08. The van der Waals surface area contributed by atoms with E-state index in [2.05, 4.69) is 24.3 Å².